The van der Waals surface area contributed by atoms with E-state index in [4.69, 9.17) is 10.5 Å². The number of benzene rings is 2. The molecular formula is C19H23N3O2. The van der Waals surface area contributed by atoms with Crippen molar-refractivity contribution in [2.24, 2.45) is 0 Å². The molecule has 1 atom stereocenters. The molecular weight excluding hydrogens is 302 g/mol. The maximum Gasteiger partial charge on any atom is 0.268 e. The van der Waals surface area contributed by atoms with E-state index in [0.29, 0.717) is 24.4 Å². The van der Waals surface area contributed by atoms with Gasteiger partial charge in [-0.25, -0.2) is 0 Å². The van der Waals surface area contributed by atoms with E-state index in [-0.39, 0.29) is 5.91 Å². The predicted octanol–water partition coefficient (Wildman–Crippen LogP) is 2.69. The molecule has 0 spiro atoms. The Balaban J connectivity index is 1.84. The van der Waals surface area contributed by atoms with Crippen molar-refractivity contribution < 1.29 is 9.53 Å². The summed E-state index contributed by atoms with van der Waals surface area (Å²) in [7, 11) is 4.01. The van der Waals surface area contributed by atoms with Crippen molar-refractivity contribution in [3.8, 4) is 5.75 Å². The number of nitrogen functional groups attached to an aromatic ring is 1. The number of anilines is 3. The number of carbonyl (C=O) groups is 1. The fourth-order valence-corrected chi connectivity index (χ4v) is 2.94. The van der Waals surface area contributed by atoms with Crippen molar-refractivity contribution in [1.82, 2.24) is 0 Å². The third kappa shape index (κ3) is 3.02. The average molecular weight is 325 g/mol. The molecule has 2 aromatic carbocycles. The monoisotopic (exact) mass is 325 g/mol. The number of hydrogen-bond donors (Lipinski definition) is 1. The Morgan fingerprint density at radius 2 is 1.88 bits per heavy atom. The van der Waals surface area contributed by atoms with Gasteiger partial charge in [-0.2, -0.15) is 0 Å². The first kappa shape index (κ1) is 16.2. The lowest BCUT2D eigenvalue weighted by atomic mass is 10.0. The molecule has 1 amide bonds. The number of fused-ring (bicyclic) bond motifs is 1. The molecule has 3 rings (SSSR count). The van der Waals surface area contributed by atoms with Crippen molar-refractivity contribution in [3.05, 3.63) is 48.0 Å². The van der Waals surface area contributed by atoms with Gasteiger partial charge in [-0.15, -0.1) is 0 Å². The number of amides is 1. The van der Waals surface area contributed by atoms with E-state index in [9.17, 15) is 4.79 Å². The number of rotatable bonds is 4. The highest BCUT2D eigenvalue weighted by Gasteiger charge is 2.33. The van der Waals surface area contributed by atoms with E-state index in [1.165, 1.54) is 0 Å². The van der Waals surface area contributed by atoms with Crippen LogP contribution in [0, 0.1) is 0 Å². The van der Waals surface area contributed by atoms with Gasteiger partial charge in [0.1, 0.15) is 5.75 Å². The summed E-state index contributed by atoms with van der Waals surface area (Å²) in [6.07, 6.45) is 0.0153. The molecule has 2 aromatic rings. The van der Waals surface area contributed by atoms with Crippen LogP contribution in [0.15, 0.2) is 42.5 Å². The molecule has 0 aliphatic carbocycles. The average Bonchev–Trinajstić information content (AvgIpc) is 2.56. The molecule has 0 saturated carbocycles. The second-order valence-electron chi connectivity index (χ2n) is 6.18. The van der Waals surface area contributed by atoms with Gasteiger partial charge in [-0.1, -0.05) is 12.1 Å². The maximum atomic E-state index is 12.7. The van der Waals surface area contributed by atoms with Gasteiger partial charge in [-0.05, 0) is 36.8 Å². The van der Waals surface area contributed by atoms with Crippen molar-refractivity contribution in [2.45, 2.75) is 19.4 Å². The molecule has 0 aromatic heterocycles. The minimum Gasteiger partial charge on any atom is -0.478 e. The van der Waals surface area contributed by atoms with Crippen LogP contribution >= 0.6 is 0 Å². The lowest BCUT2D eigenvalue weighted by Gasteiger charge is -2.34. The van der Waals surface area contributed by atoms with Gasteiger partial charge in [-0.3, -0.25) is 4.79 Å². The Kier molecular flexibility index (Phi) is 4.34. The van der Waals surface area contributed by atoms with Crippen LogP contribution in [0.2, 0.25) is 0 Å². The number of nitrogens with two attached hydrogens (primary N) is 1. The quantitative estimate of drug-likeness (QED) is 0.878. The molecule has 2 N–H and O–H groups in total. The molecule has 5 heteroatoms. The highest BCUT2D eigenvalue weighted by Crippen LogP contribution is 2.36. The van der Waals surface area contributed by atoms with E-state index in [2.05, 4.69) is 0 Å². The normalized spacial score (nSPS) is 16.5. The van der Waals surface area contributed by atoms with Crippen molar-refractivity contribution in [1.29, 1.82) is 0 Å². The topological polar surface area (TPSA) is 58.8 Å². The molecule has 1 aliphatic rings. The van der Waals surface area contributed by atoms with Crippen LogP contribution in [0.4, 0.5) is 17.1 Å². The van der Waals surface area contributed by atoms with Crippen LogP contribution in [0.5, 0.6) is 5.75 Å². The van der Waals surface area contributed by atoms with Crippen LogP contribution < -0.4 is 20.3 Å². The highest BCUT2D eigenvalue weighted by atomic mass is 16.5. The first-order chi connectivity index (χ1) is 11.5. The van der Waals surface area contributed by atoms with E-state index in [1.807, 2.05) is 56.3 Å². The summed E-state index contributed by atoms with van der Waals surface area (Å²) in [5.74, 6) is 0.665. The van der Waals surface area contributed by atoms with Crippen LogP contribution in [0.3, 0.4) is 0 Å². The Bertz CT molecular complexity index is 741. The summed E-state index contributed by atoms with van der Waals surface area (Å²) in [6.45, 7) is 2.57. The molecule has 24 heavy (non-hydrogen) atoms. The van der Waals surface area contributed by atoms with Gasteiger partial charge in [0.15, 0.2) is 6.10 Å². The van der Waals surface area contributed by atoms with Crippen LogP contribution in [0.1, 0.15) is 12.5 Å². The second kappa shape index (κ2) is 6.43. The zero-order valence-electron chi connectivity index (χ0n) is 14.3. The van der Waals surface area contributed by atoms with Crippen LogP contribution in [0.25, 0.3) is 0 Å². The third-order valence-corrected chi connectivity index (χ3v) is 4.28. The van der Waals surface area contributed by atoms with Gasteiger partial charge < -0.3 is 20.3 Å². The van der Waals surface area contributed by atoms with Gasteiger partial charge in [0.05, 0.1) is 5.69 Å². The smallest absolute Gasteiger partial charge is 0.268 e. The summed E-state index contributed by atoms with van der Waals surface area (Å²) >= 11 is 0. The number of nitrogens with zero attached hydrogens (tertiary/aromatic N) is 2. The molecule has 0 saturated heterocycles. The minimum atomic E-state index is -0.524. The number of hydrogen-bond acceptors (Lipinski definition) is 4. The molecule has 0 radical (unpaired) electrons. The molecule has 5 nitrogen and oxygen atoms in total. The Morgan fingerprint density at radius 3 is 2.50 bits per heavy atom. The van der Waals surface area contributed by atoms with Gasteiger partial charge >= 0.3 is 0 Å². The van der Waals surface area contributed by atoms with Gasteiger partial charge in [0.2, 0.25) is 0 Å². The fourth-order valence-electron chi connectivity index (χ4n) is 2.94. The van der Waals surface area contributed by atoms with E-state index in [1.54, 1.807) is 17.0 Å². The zero-order valence-corrected chi connectivity index (χ0v) is 14.3. The Labute approximate surface area is 142 Å². The molecule has 0 bridgehead atoms. The summed E-state index contributed by atoms with van der Waals surface area (Å²) < 4.78 is 5.96. The first-order valence-corrected chi connectivity index (χ1v) is 8.13. The summed E-state index contributed by atoms with van der Waals surface area (Å²) in [5.41, 5.74) is 9.48. The predicted molar refractivity (Wildman–Crippen MR) is 97.8 cm³/mol. The number of ether oxygens (including phenoxy) is 1. The largest absolute Gasteiger partial charge is 0.478 e. The van der Waals surface area contributed by atoms with E-state index < -0.39 is 6.10 Å². The standard InChI is InChI=1S/C19H23N3O2/c1-4-22-16-10-7-14(20)12-17(16)24-18(19(22)23)11-13-5-8-15(9-6-13)21(2)3/h5-10,12,18H,4,11,20H2,1-3H3. The molecule has 0 fully saturated rings. The third-order valence-electron chi connectivity index (χ3n) is 4.28. The first-order valence-electron chi connectivity index (χ1n) is 8.13. The molecule has 126 valence electrons. The summed E-state index contributed by atoms with van der Waals surface area (Å²) in [5, 5.41) is 0. The second-order valence-corrected chi connectivity index (χ2v) is 6.18. The number of carbonyl (C=O) groups excluding carboxylic acids is 1. The minimum absolute atomic E-state index is 0.00791. The van der Waals surface area contributed by atoms with Gasteiger partial charge in [0.25, 0.3) is 5.91 Å². The molecule has 1 heterocycles. The van der Waals surface area contributed by atoms with Gasteiger partial charge in [0, 0.05) is 44.5 Å². The lowest BCUT2D eigenvalue weighted by molar-refractivity contribution is -0.126. The molecule has 1 unspecified atom stereocenters. The molecule has 1 aliphatic heterocycles. The lowest BCUT2D eigenvalue weighted by Crippen LogP contribution is -2.46. The van der Waals surface area contributed by atoms with Crippen molar-refractivity contribution in [2.75, 3.05) is 36.2 Å². The van der Waals surface area contributed by atoms with E-state index >= 15 is 0 Å². The summed E-state index contributed by atoms with van der Waals surface area (Å²) in [4.78, 5) is 16.6. The number of likely N-dealkylation sites (N-methyl/N-ethyl adjacent to an activating group) is 1. The zero-order chi connectivity index (χ0) is 17.3. The van der Waals surface area contributed by atoms with E-state index in [0.717, 1.165) is 16.9 Å². The Morgan fingerprint density at radius 1 is 1.17 bits per heavy atom. The highest BCUT2D eigenvalue weighted by molar-refractivity contribution is 6.00. The summed E-state index contributed by atoms with van der Waals surface area (Å²) in [6, 6.07) is 13.6. The van der Waals surface area contributed by atoms with Crippen molar-refractivity contribution in [3.63, 3.8) is 0 Å². The van der Waals surface area contributed by atoms with Crippen LogP contribution in [-0.2, 0) is 11.2 Å². The fraction of sp³-hybridized carbons (Fsp3) is 0.316. The van der Waals surface area contributed by atoms with Crippen LogP contribution in [-0.4, -0.2) is 32.7 Å². The van der Waals surface area contributed by atoms with Crippen molar-refractivity contribution >= 4 is 23.0 Å². The SMILES string of the molecule is CCN1C(=O)C(Cc2ccc(N(C)C)cc2)Oc2cc(N)ccc21. The Hall–Kier alpha value is -2.69. The maximum absolute atomic E-state index is 12.7.